The molecular weight excluding hydrogens is 342 g/mol. The Hall–Kier alpha value is -0.300. The van der Waals surface area contributed by atoms with Gasteiger partial charge in [0.1, 0.15) is 10.2 Å². The molecule has 0 radical (unpaired) electrons. The smallest absolute Gasteiger partial charge is 0.150 e. The van der Waals surface area contributed by atoms with Crippen LogP contribution in [0.3, 0.4) is 0 Å². The van der Waals surface area contributed by atoms with Crippen molar-refractivity contribution in [3.05, 3.63) is 20.6 Å². The molecule has 0 aliphatic heterocycles. The number of aromatic hydroxyl groups is 1. The Kier molecular flexibility index (Phi) is 5.04. The fourth-order valence-electron chi connectivity index (χ4n) is 1.33. The lowest BCUT2D eigenvalue weighted by Crippen LogP contribution is -2.26. The number of ether oxygens (including phenoxy) is 1. The van der Waals surface area contributed by atoms with Crippen LogP contribution < -0.4 is 10.5 Å². The second-order valence-corrected chi connectivity index (χ2v) is 5.01. The summed E-state index contributed by atoms with van der Waals surface area (Å²) in [6, 6.07) is 1.34. The van der Waals surface area contributed by atoms with E-state index in [9.17, 15) is 5.11 Å². The minimum atomic E-state index is -0.391. The first-order valence-corrected chi connectivity index (χ1v) is 6.20. The van der Waals surface area contributed by atoms with Crippen molar-refractivity contribution in [2.75, 3.05) is 13.7 Å². The minimum absolute atomic E-state index is 0.0870. The number of aliphatic hydroxyl groups is 1. The molecule has 0 aliphatic carbocycles. The van der Waals surface area contributed by atoms with Gasteiger partial charge in [-0.25, -0.2) is 0 Å². The largest absolute Gasteiger partial charge is 0.506 e. The van der Waals surface area contributed by atoms with Crippen molar-refractivity contribution >= 4 is 31.9 Å². The standard InChI is InChI=1S/C10H13Br2NO3/c1-16-10-7(11)3-5(2-6(13)4-14)9(15)8(10)12/h3,6,14-15H,2,4,13H2,1H3. The highest BCUT2D eigenvalue weighted by atomic mass is 79.9. The summed E-state index contributed by atoms with van der Waals surface area (Å²) in [5.41, 5.74) is 6.28. The molecular formula is C10H13Br2NO3. The molecule has 0 aliphatic rings. The normalized spacial score (nSPS) is 12.6. The third-order valence-corrected chi connectivity index (χ3v) is 3.47. The third-order valence-electron chi connectivity index (χ3n) is 2.15. The Bertz CT molecular complexity index is 385. The van der Waals surface area contributed by atoms with Crippen LogP contribution in [0.1, 0.15) is 5.56 Å². The van der Waals surface area contributed by atoms with E-state index in [0.717, 1.165) is 4.47 Å². The van der Waals surface area contributed by atoms with Crippen molar-refractivity contribution < 1.29 is 14.9 Å². The van der Waals surface area contributed by atoms with Crippen LogP contribution in [0, 0.1) is 0 Å². The Morgan fingerprint density at radius 3 is 2.62 bits per heavy atom. The first-order chi connectivity index (χ1) is 7.51. The molecule has 1 aromatic rings. The summed E-state index contributed by atoms with van der Waals surface area (Å²) in [7, 11) is 1.52. The summed E-state index contributed by atoms with van der Waals surface area (Å²) < 4.78 is 6.31. The van der Waals surface area contributed by atoms with Gasteiger partial charge in [0.25, 0.3) is 0 Å². The fraction of sp³-hybridized carbons (Fsp3) is 0.400. The predicted molar refractivity (Wildman–Crippen MR) is 68.8 cm³/mol. The van der Waals surface area contributed by atoms with Gasteiger partial charge in [0.15, 0.2) is 5.75 Å². The highest BCUT2D eigenvalue weighted by Gasteiger charge is 2.16. The van der Waals surface area contributed by atoms with E-state index < -0.39 is 6.04 Å². The van der Waals surface area contributed by atoms with Gasteiger partial charge in [-0.1, -0.05) is 0 Å². The van der Waals surface area contributed by atoms with Gasteiger partial charge in [-0.3, -0.25) is 0 Å². The maximum Gasteiger partial charge on any atom is 0.150 e. The van der Waals surface area contributed by atoms with Crippen LogP contribution in [0.2, 0.25) is 0 Å². The zero-order chi connectivity index (χ0) is 12.3. The lowest BCUT2D eigenvalue weighted by molar-refractivity contribution is 0.264. The van der Waals surface area contributed by atoms with Crippen LogP contribution in [0.4, 0.5) is 0 Å². The number of phenols is 1. The molecule has 90 valence electrons. The van der Waals surface area contributed by atoms with E-state index in [1.807, 2.05) is 0 Å². The number of halogens is 2. The lowest BCUT2D eigenvalue weighted by atomic mass is 10.1. The number of nitrogens with two attached hydrogens (primary N) is 1. The molecule has 0 amide bonds. The number of aliphatic hydroxyl groups excluding tert-OH is 1. The third kappa shape index (κ3) is 2.88. The van der Waals surface area contributed by atoms with Crippen LogP contribution in [-0.4, -0.2) is 30.0 Å². The van der Waals surface area contributed by atoms with Gasteiger partial charge in [-0.15, -0.1) is 0 Å². The summed E-state index contributed by atoms with van der Waals surface area (Å²) in [6.07, 6.45) is 0.392. The number of methoxy groups -OCH3 is 1. The number of hydrogen-bond acceptors (Lipinski definition) is 4. The molecule has 1 rings (SSSR count). The zero-order valence-electron chi connectivity index (χ0n) is 8.70. The molecule has 0 saturated carbocycles. The van der Waals surface area contributed by atoms with Crippen LogP contribution in [0.15, 0.2) is 15.0 Å². The number of benzene rings is 1. The molecule has 16 heavy (non-hydrogen) atoms. The molecule has 0 saturated heterocycles. The van der Waals surface area contributed by atoms with Crippen molar-refractivity contribution in [3.8, 4) is 11.5 Å². The first kappa shape index (κ1) is 13.8. The van der Waals surface area contributed by atoms with E-state index >= 15 is 0 Å². The zero-order valence-corrected chi connectivity index (χ0v) is 11.9. The van der Waals surface area contributed by atoms with E-state index in [0.29, 0.717) is 22.2 Å². The van der Waals surface area contributed by atoms with Gasteiger partial charge in [-0.2, -0.15) is 0 Å². The van der Waals surface area contributed by atoms with E-state index in [-0.39, 0.29) is 12.4 Å². The predicted octanol–water partition coefficient (Wildman–Crippen LogP) is 1.79. The van der Waals surface area contributed by atoms with Gasteiger partial charge in [0.2, 0.25) is 0 Å². The SMILES string of the molecule is COc1c(Br)cc(CC(N)CO)c(O)c1Br. The molecule has 1 unspecified atom stereocenters. The highest BCUT2D eigenvalue weighted by molar-refractivity contribution is 9.11. The topological polar surface area (TPSA) is 75.7 Å². The molecule has 1 aromatic carbocycles. The summed E-state index contributed by atoms with van der Waals surface area (Å²) in [5.74, 6) is 0.614. The van der Waals surface area contributed by atoms with E-state index in [1.54, 1.807) is 6.07 Å². The monoisotopic (exact) mass is 353 g/mol. The van der Waals surface area contributed by atoms with E-state index in [2.05, 4.69) is 31.9 Å². The van der Waals surface area contributed by atoms with Crippen LogP contribution in [0.25, 0.3) is 0 Å². The van der Waals surface area contributed by atoms with Crippen molar-refractivity contribution in [3.63, 3.8) is 0 Å². The Balaban J connectivity index is 3.13. The minimum Gasteiger partial charge on any atom is -0.506 e. The van der Waals surface area contributed by atoms with Crippen LogP contribution in [-0.2, 0) is 6.42 Å². The molecule has 0 fully saturated rings. The molecule has 1 atom stereocenters. The maximum atomic E-state index is 9.89. The van der Waals surface area contributed by atoms with E-state index in [4.69, 9.17) is 15.6 Å². The Morgan fingerprint density at radius 1 is 1.50 bits per heavy atom. The second-order valence-electron chi connectivity index (χ2n) is 3.36. The Labute approximate surface area is 111 Å². The molecule has 0 spiro atoms. The summed E-state index contributed by atoms with van der Waals surface area (Å²) >= 11 is 6.58. The van der Waals surface area contributed by atoms with Crippen molar-refractivity contribution in [1.82, 2.24) is 0 Å². The number of rotatable bonds is 4. The summed E-state index contributed by atoms with van der Waals surface area (Å²) in [4.78, 5) is 0. The van der Waals surface area contributed by atoms with Crippen molar-refractivity contribution in [1.29, 1.82) is 0 Å². The Morgan fingerprint density at radius 2 is 2.12 bits per heavy atom. The molecule has 6 heteroatoms. The second kappa shape index (κ2) is 5.86. The molecule has 4 N–H and O–H groups in total. The summed E-state index contributed by atoms with van der Waals surface area (Å²) in [5, 5.41) is 18.8. The molecule has 0 heterocycles. The van der Waals surface area contributed by atoms with Gasteiger partial charge in [-0.05, 0) is 49.9 Å². The van der Waals surface area contributed by atoms with Crippen molar-refractivity contribution in [2.24, 2.45) is 5.73 Å². The summed E-state index contributed by atoms with van der Waals surface area (Å²) in [6.45, 7) is -0.124. The van der Waals surface area contributed by atoms with Gasteiger partial charge >= 0.3 is 0 Å². The number of phenolic OH excluding ortho intramolecular Hbond substituents is 1. The molecule has 4 nitrogen and oxygen atoms in total. The average molecular weight is 355 g/mol. The maximum absolute atomic E-state index is 9.89. The van der Waals surface area contributed by atoms with Gasteiger partial charge in [0.05, 0.1) is 18.2 Å². The van der Waals surface area contributed by atoms with Crippen molar-refractivity contribution in [2.45, 2.75) is 12.5 Å². The molecule has 0 bridgehead atoms. The quantitative estimate of drug-likeness (QED) is 0.770. The van der Waals surface area contributed by atoms with Gasteiger partial charge < -0.3 is 20.7 Å². The van der Waals surface area contributed by atoms with Crippen LogP contribution in [0.5, 0.6) is 11.5 Å². The van der Waals surface area contributed by atoms with Gasteiger partial charge in [0, 0.05) is 6.04 Å². The number of hydrogen-bond donors (Lipinski definition) is 3. The fourth-order valence-corrected chi connectivity index (χ4v) is 2.86. The first-order valence-electron chi connectivity index (χ1n) is 4.61. The average Bonchev–Trinajstić information content (AvgIpc) is 2.26. The van der Waals surface area contributed by atoms with Crippen LogP contribution >= 0.6 is 31.9 Å². The lowest BCUT2D eigenvalue weighted by Gasteiger charge is -2.14. The highest BCUT2D eigenvalue weighted by Crippen LogP contribution is 2.42. The molecule has 0 aromatic heterocycles. The van der Waals surface area contributed by atoms with E-state index in [1.165, 1.54) is 7.11 Å².